The molecule has 526 valence electrons. The Balaban J connectivity index is 0.869. The monoisotopic (exact) mass is 1420 g/mol. The van der Waals surface area contributed by atoms with Gasteiger partial charge in [0.15, 0.2) is 28.8 Å². The highest BCUT2D eigenvalue weighted by Crippen LogP contribution is 2.61. The van der Waals surface area contributed by atoms with Crippen molar-refractivity contribution in [2.24, 2.45) is 16.1 Å². The zero-order chi connectivity index (χ0) is 69.7. The van der Waals surface area contributed by atoms with Crippen LogP contribution in [0.1, 0.15) is 90.5 Å². The number of H-pyrrole nitrogens is 1. The number of guanidine groups is 1. The predicted molar refractivity (Wildman–Crippen MR) is 325 cm³/mol. The van der Waals surface area contributed by atoms with Crippen LogP contribution >= 0.6 is 35.2 Å². The fourth-order valence-corrected chi connectivity index (χ4v) is 14.1. The summed E-state index contributed by atoms with van der Waals surface area (Å²) in [5, 5.41) is 47.9. The van der Waals surface area contributed by atoms with Crippen molar-refractivity contribution in [3.05, 3.63) is 30.9 Å². The largest absolute Gasteiger partial charge is 0.481 e. The second-order valence-corrected chi connectivity index (χ2v) is 28.3. The molecular weight excluding hydrogens is 1350 g/mol. The fraction of sp³-hybridized carbons (Fsp3) is 0.640. The van der Waals surface area contributed by atoms with Crippen LogP contribution in [-0.2, 0) is 85.9 Å². The number of imidazole rings is 2. The van der Waals surface area contributed by atoms with Gasteiger partial charge in [0.2, 0.25) is 47.3 Å². The summed E-state index contributed by atoms with van der Waals surface area (Å²) < 4.78 is 62.9. The first kappa shape index (κ1) is 75.4. The number of hydrogen-bond acceptors (Lipinski definition) is 27. The molecule has 0 saturated carbocycles. The first-order chi connectivity index (χ1) is 44.6. The SMILES string of the molecule is CC(=O)NC(N)=NCCC[C@@H]1NC(=O)[C@H](CCCC(=O)SCCNC(=O)CCNC(=O)C(O)C(C)(C)COP(=O)(O)OP(=O)(O)OCC2OC(n3cnc4c(N)ncnc43)C(O)C2OP(=O)(O)O)NC(=O)[C@H](Cc2cnc[nH]2)N2C(=O)[C@H](C[C@H]2O)NC(=O)[C@H]2CCCN2C1=O. The van der Waals surface area contributed by atoms with Crippen LogP contribution in [0.2, 0.25) is 0 Å². The lowest BCUT2D eigenvalue weighted by Gasteiger charge is -2.31. The number of nitrogens with zero attached hydrogens (tertiary/aromatic N) is 8. The maximum absolute atomic E-state index is 14.4. The van der Waals surface area contributed by atoms with Crippen LogP contribution in [-0.4, -0.2) is 239 Å². The van der Waals surface area contributed by atoms with Crippen LogP contribution in [0.15, 0.2) is 30.2 Å². The quantitative estimate of drug-likeness (QED) is 0.0135. The maximum atomic E-state index is 14.4. The van der Waals surface area contributed by atoms with Gasteiger partial charge in [-0.1, -0.05) is 25.6 Å². The number of carbonyl (C=O) groups is 9. The standard InChI is InChI=1S/C50H76N17O24P3S/c1-25(68)61-49(52)56-12-5-8-28-46(78)65-15-6-9-30(65)43(75)64-29-18-34(70)67(47(29)79)31(17-26-19-53-22-57-26)44(76)62-27(42(74)63-28)7-4-10-35(71)95-16-14-54-33(69)11-13-55-45(77)39(73)50(2,3)21-88-94(85,86)91-93(83,84)87-20-32-38(90-92(80,81)82)37(72)48(89-32)66-24-60-36-40(51)58-23-59-41(36)66/h19,22-24,27-32,34,37-39,48,70,72-73H,4-18,20-21H2,1-3H3,(H,53,57)(H,54,69)(H,55,77)(H,62,76)(H,63,74)(H,64,75)(H,83,84)(H,85,86)(H2,51,58,59)(H2,80,81,82)(H3,52,56,61,68)/t27-,28-,29-,30+,31-,32?,34+,37?,38?,39?,48?/m0/s1. The number of nitrogens with two attached hydrogens (primary N) is 2. The molecule has 45 heteroatoms. The highest BCUT2D eigenvalue weighted by Gasteiger charge is 2.52. The van der Waals surface area contributed by atoms with Gasteiger partial charge in [-0.3, -0.25) is 71.6 Å². The number of carbonyl (C=O) groups excluding carboxylic acids is 9. The van der Waals surface area contributed by atoms with E-state index in [1.807, 2.05) is 0 Å². The van der Waals surface area contributed by atoms with E-state index in [9.17, 15) is 91.7 Å². The number of anilines is 1. The third-order valence-electron chi connectivity index (χ3n) is 15.2. The maximum Gasteiger partial charge on any atom is 0.481 e. The first-order valence-electron chi connectivity index (χ1n) is 29.4. The van der Waals surface area contributed by atoms with E-state index >= 15 is 0 Å². The molecule has 2 bridgehead atoms. The van der Waals surface area contributed by atoms with Gasteiger partial charge in [0.1, 0.15) is 72.7 Å². The van der Waals surface area contributed by atoms with Gasteiger partial charge >= 0.3 is 23.5 Å². The van der Waals surface area contributed by atoms with E-state index in [0.29, 0.717) is 12.1 Å². The number of nitrogen functional groups attached to an aromatic ring is 1. The Labute approximate surface area is 544 Å². The third kappa shape index (κ3) is 21.0. The van der Waals surface area contributed by atoms with Crippen LogP contribution in [0.25, 0.3) is 11.2 Å². The number of aromatic amines is 1. The molecule has 0 aromatic carbocycles. The van der Waals surface area contributed by atoms with E-state index in [2.05, 4.69) is 70.6 Å². The normalized spacial score (nSPS) is 25.5. The van der Waals surface area contributed by atoms with Crippen LogP contribution in [0.5, 0.6) is 0 Å². The number of rotatable bonds is 29. The molecule has 18 N–H and O–H groups in total. The number of aromatic nitrogens is 6. The van der Waals surface area contributed by atoms with Crippen molar-refractivity contribution in [3.8, 4) is 0 Å². The second kappa shape index (κ2) is 32.8. The minimum Gasteiger partial charge on any atom is -0.386 e. The first-order valence-corrected chi connectivity index (χ1v) is 35.0. The molecule has 4 aliphatic heterocycles. The lowest BCUT2D eigenvalue weighted by molar-refractivity contribution is -0.146. The van der Waals surface area contributed by atoms with E-state index < -0.39 is 162 Å². The average Bonchev–Trinajstić information content (AvgIpc) is 1.63. The number of amides is 8. The molecule has 3 aromatic rings. The Morgan fingerprint density at radius 3 is 2.34 bits per heavy atom. The van der Waals surface area contributed by atoms with Crippen LogP contribution in [0.4, 0.5) is 5.82 Å². The molecule has 41 nitrogen and oxygen atoms in total. The smallest absolute Gasteiger partial charge is 0.386 e. The summed E-state index contributed by atoms with van der Waals surface area (Å²) >= 11 is 0.824. The van der Waals surface area contributed by atoms with Gasteiger partial charge in [0.05, 0.1) is 25.9 Å². The van der Waals surface area contributed by atoms with Crippen molar-refractivity contribution in [2.75, 3.05) is 50.9 Å². The molecule has 4 aliphatic rings. The summed E-state index contributed by atoms with van der Waals surface area (Å²) in [6.07, 6.45) is -6.49. The van der Waals surface area contributed by atoms with Crippen molar-refractivity contribution in [2.45, 2.75) is 152 Å². The van der Waals surface area contributed by atoms with Crippen LogP contribution in [0.3, 0.4) is 0 Å². The lowest BCUT2D eigenvalue weighted by Crippen LogP contribution is -2.58. The highest BCUT2D eigenvalue weighted by atomic mass is 32.2. The van der Waals surface area contributed by atoms with Gasteiger partial charge in [-0.2, -0.15) is 4.31 Å². The van der Waals surface area contributed by atoms with E-state index in [1.54, 1.807) is 0 Å². The third-order valence-corrected chi connectivity index (χ3v) is 19.2. The number of phosphoric ester groups is 3. The van der Waals surface area contributed by atoms with Crippen molar-refractivity contribution in [1.82, 2.24) is 71.2 Å². The van der Waals surface area contributed by atoms with E-state index in [1.165, 1.54) is 38.2 Å². The van der Waals surface area contributed by atoms with Crippen LogP contribution in [0, 0.1) is 5.41 Å². The van der Waals surface area contributed by atoms with Crippen molar-refractivity contribution in [1.29, 1.82) is 0 Å². The lowest BCUT2D eigenvalue weighted by atomic mass is 9.87. The molecule has 8 amide bonds. The summed E-state index contributed by atoms with van der Waals surface area (Å²) in [6.45, 7) is 1.19. The number of phosphoric acid groups is 3. The molecule has 0 spiro atoms. The Hall–Kier alpha value is -6.98. The molecule has 13 atom stereocenters. The molecule has 95 heavy (non-hydrogen) atoms. The number of ether oxygens (including phenoxy) is 1. The Kier molecular flexibility index (Phi) is 26.1. The summed E-state index contributed by atoms with van der Waals surface area (Å²) in [5.41, 5.74) is 10.2. The number of aliphatic imine (C=N–C) groups is 1. The molecule has 7 unspecified atom stereocenters. The van der Waals surface area contributed by atoms with E-state index in [4.69, 9.17) is 25.3 Å². The number of thioether (sulfide) groups is 1. The molecule has 7 rings (SSSR count). The zero-order valence-electron chi connectivity index (χ0n) is 51.2. The van der Waals surface area contributed by atoms with Gasteiger partial charge in [0, 0.05) is 81.8 Å². The number of aliphatic hydroxyl groups is 3. The Bertz CT molecular complexity index is 3470. The molecule has 4 fully saturated rings. The molecule has 4 saturated heterocycles. The molecule has 0 radical (unpaired) electrons. The minimum absolute atomic E-state index is 0.00613. The van der Waals surface area contributed by atoms with Crippen LogP contribution < -0.4 is 43.4 Å². The predicted octanol–water partition coefficient (Wildman–Crippen LogP) is -4.59. The average molecular weight is 1420 g/mol. The van der Waals surface area contributed by atoms with E-state index in [-0.39, 0.29) is 113 Å². The Morgan fingerprint density at radius 1 is 0.916 bits per heavy atom. The van der Waals surface area contributed by atoms with Crippen molar-refractivity contribution >= 4 is 111 Å². The molecule has 0 aliphatic carbocycles. The minimum atomic E-state index is -5.67. The van der Waals surface area contributed by atoms with Gasteiger partial charge in [-0.25, -0.2) is 33.6 Å². The van der Waals surface area contributed by atoms with Gasteiger partial charge in [-0.05, 0) is 38.5 Å². The number of nitrogens with one attached hydrogen (secondary N) is 7. The Morgan fingerprint density at radius 2 is 1.63 bits per heavy atom. The van der Waals surface area contributed by atoms with Gasteiger partial charge in [0.25, 0.3) is 0 Å². The summed E-state index contributed by atoms with van der Waals surface area (Å²) in [7, 11) is -16.7. The van der Waals surface area contributed by atoms with Crippen molar-refractivity contribution in [3.63, 3.8) is 0 Å². The van der Waals surface area contributed by atoms with Crippen molar-refractivity contribution < 1.29 is 114 Å². The topological polar surface area (TPSA) is 608 Å². The molecule has 7 heterocycles. The van der Waals surface area contributed by atoms with Gasteiger partial charge in [-0.15, -0.1) is 0 Å². The summed E-state index contributed by atoms with van der Waals surface area (Å²) in [5.74, 6) is -6.22. The number of fused-ring (bicyclic) bond motifs is 4. The zero-order valence-corrected chi connectivity index (χ0v) is 54.7. The second-order valence-electron chi connectivity index (χ2n) is 22.9. The molecular formula is C50H76N17O24P3S. The number of hydrogen-bond donors (Lipinski definition) is 16. The number of aliphatic hydroxyl groups excluding tert-OH is 3. The fourth-order valence-electron chi connectivity index (χ4n) is 10.5. The van der Waals surface area contributed by atoms with Gasteiger partial charge < -0.3 is 92.5 Å². The summed E-state index contributed by atoms with van der Waals surface area (Å²) in [4.78, 5) is 186. The van der Waals surface area contributed by atoms with E-state index in [0.717, 1.165) is 33.9 Å². The molecule has 3 aromatic heterocycles. The summed E-state index contributed by atoms with van der Waals surface area (Å²) in [6, 6.07) is -6.52. The highest BCUT2D eigenvalue weighted by molar-refractivity contribution is 8.13.